The molecule has 0 aliphatic heterocycles. The summed E-state index contributed by atoms with van der Waals surface area (Å²) < 4.78 is 14.5. The van der Waals surface area contributed by atoms with Gasteiger partial charge in [-0.25, -0.2) is 0 Å². The molecule has 0 amide bonds. The van der Waals surface area contributed by atoms with E-state index in [0.29, 0.717) is 12.0 Å². The summed E-state index contributed by atoms with van der Waals surface area (Å²) in [4.78, 5) is 0. The summed E-state index contributed by atoms with van der Waals surface area (Å²) in [5, 5.41) is 0. The maximum absolute atomic E-state index is 5.83. The van der Waals surface area contributed by atoms with Crippen molar-refractivity contribution in [2.45, 2.75) is 68.7 Å². The first-order valence-corrected chi connectivity index (χ1v) is 13.0. The third-order valence-electron chi connectivity index (χ3n) is 5.09. The van der Waals surface area contributed by atoms with Crippen molar-refractivity contribution < 1.29 is 28.2 Å². The molecule has 0 atom stereocenters. The first-order chi connectivity index (χ1) is 14.9. The quantitative estimate of drug-likeness (QED) is 0.237. The third-order valence-corrected chi connectivity index (χ3v) is 6.91. The average Bonchev–Trinajstić information content (AvgIpc) is 3.17. The van der Waals surface area contributed by atoms with Crippen LogP contribution in [0.25, 0.3) is 0 Å². The predicted octanol–water partition coefficient (Wildman–Crippen LogP) is 8.13. The molecule has 1 aliphatic rings. The zero-order chi connectivity index (χ0) is 24.4. The fourth-order valence-corrected chi connectivity index (χ4v) is 4.72. The van der Waals surface area contributed by atoms with Gasteiger partial charge in [0.15, 0.2) is 0 Å². The van der Waals surface area contributed by atoms with Crippen LogP contribution in [0, 0.1) is 10.8 Å². The summed E-state index contributed by atoms with van der Waals surface area (Å²) >= 11 is 0.0803. The number of ether oxygens (including phenoxy) is 2. The molecule has 1 aliphatic carbocycles. The molecule has 0 fully saturated rings. The second kappa shape index (κ2) is 13.2. The first-order valence-electron chi connectivity index (χ1n) is 11.4. The van der Waals surface area contributed by atoms with Gasteiger partial charge in [0, 0.05) is 0 Å². The number of methoxy groups -OCH3 is 1. The van der Waals surface area contributed by atoms with E-state index >= 15 is 0 Å². The van der Waals surface area contributed by atoms with Crippen molar-refractivity contribution in [1.82, 2.24) is 0 Å². The monoisotopic (exact) mass is 471 g/mol. The van der Waals surface area contributed by atoms with Crippen LogP contribution in [0.5, 0.6) is 5.75 Å². The predicted molar refractivity (Wildman–Crippen MR) is 137 cm³/mol. The molecule has 2 nitrogen and oxygen atoms in total. The number of rotatable bonds is 6. The van der Waals surface area contributed by atoms with E-state index in [2.05, 4.69) is 73.6 Å². The van der Waals surface area contributed by atoms with Crippen molar-refractivity contribution >= 4 is 3.81 Å². The summed E-state index contributed by atoms with van der Waals surface area (Å²) in [6.45, 7) is 20.5. The Balaban J connectivity index is 0.000000343. The molecule has 1 aromatic carbocycles. The third kappa shape index (κ3) is 10.8. The van der Waals surface area contributed by atoms with Gasteiger partial charge in [-0.2, -0.15) is 0 Å². The normalized spacial score (nSPS) is 14.6. The molecule has 0 saturated heterocycles. The van der Waals surface area contributed by atoms with E-state index in [0.717, 1.165) is 11.5 Å². The Bertz CT molecular complexity index is 866. The maximum atomic E-state index is 5.83. The molecule has 3 heteroatoms. The Morgan fingerprint density at radius 2 is 1.66 bits per heavy atom. The van der Waals surface area contributed by atoms with E-state index in [9.17, 15) is 0 Å². The molecular formula is C29H43O2Ti. The molecule has 1 aromatic rings. The van der Waals surface area contributed by atoms with Gasteiger partial charge in [0.1, 0.15) is 18.1 Å². The summed E-state index contributed by atoms with van der Waals surface area (Å²) in [6, 6.07) is 9.86. The van der Waals surface area contributed by atoms with E-state index < -0.39 is 0 Å². The first kappa shape index (κ1) is 28.4. The van der Waals surface area contributed by atoms with E-state index in [4.69, 9.17) is 9.47 Å². The van der Waals surface area contributed by atoms with E-state index in [1.54, 1.807) is 14.8 Å². The van der Waals surface area contributed by atoms with Gasteiger partial charge in [-0.1, -0.05) is 39.0 Å². The second-order valence-corrected chi connectivity index (χ2v) is 13.3. The summed E-state index contributed by atoms with van der Waals surface area (Å²) in [5.74, 6) is 1.75. The van der Waals surface area contributed by atoms with Crippen molar-refractivity contribution in [3.63, 3.8) is 0 Å². The number of benzene rings is 1. The topological polar surface area (TPSA) is 18.5 Å². The second-order valence-electron chi connectivity index (χ2n) is 10.3. The van der Waals surface area contributed by atoms with Gasteiger partial charge in [0.2, 0.25) is 0 Å². The fraction of sp³-hybridized carbons (Fsp3) is 0.483. The Morgan fingerprint density at radius 1 is 1.03 bits per heavy atom. The van der Waals surface area contributed by atoms with Crippen LogP contribution in [0.1, 0.15) is 68.7 Å². The van der Waals surface area contributed by atoms with E-state index in [1.165, 1.54) is 17.6 Å². The van der Waals surface area contributed by atoms with Crippen LogP contribution in [-0.4, -0.2) is 17.5 Å². The van der Waals surface area contributed by atoms with Crippen molar-refractivity contribution in [3.8, 4) is 5.75 Å². The Hall–Kier alpha value is -1.64. The van der Waals surface area contributed by atoms with Crippen molar-refractivity contribution in [2.75, 3.05) is 13.7 Å². The van der Waals surface area contributed by atoms with Crippen LogP contribution < -0.4 is 4.74 Å². The zero-order valence-corrected chi connectivity index (χ0v) is 23.5. The molecular weight excluding hydrogens is 428 g/mol. The molecule has 0 radical (unpaired) electrons. The minimum absolute atomic E-state index is 0.0432. The van der Waals surface area contributed by atoms with Gasteiger partial charge < -0.3 is 9.47 Å². The van der Waals surface area contributed by atoms with Gasteiger partial charge in [-0.05, 0) is 42.2 Å². The van der Waals surface area contributed by atoms with Crippen molar-refractivity contribution in [3.05, 3.63) is 75.4 Å². The number of hydrogen-bond donors (Lipinski definition) is 0. The van der Waals surface area contributed by atoms with Gasteiger partial charge >= 0.3 is 90.6 Å². The number of allylic oxidation sites excluding steroid dienone is 6. The minimum atomic E-state index is 0.0432. The van der Waals surface area contributed by atoms with Crippen LogP contribution >= 0.6 is 0 Å². The number of hydrogen-bond acceptors (Lipinski definition) is 2. The molecule has 32 heavy (non-hydrogen) atoms. The van der Waals surface area contributed by atoms with Crippen LogP contribution in [0.2, 0.25) is 0 Å². The summed E-state index contributed by atoms with van der Waals surface area (Å²) in [7, 11) is 1.68. The van der Waals surface area contributed by atoms with Crippen LogP contribution in [0.15, 0.2) is 75.4 Å². The van der Waals surface area contributed by atoms with Crippen LogP contribution in [0.4, 0.5) is 0 Å². The SMILES string of the molecule is CC=C(C=C(COc1ccccc1)C(C)(C)C)OC.C[C](C)=[Ti][C]1=CC(C(C)(C)C)=CC1. The van der Waals surface area contributed by atoms with Crippen LogP contribution in [0.3, 0.4) is 0 Å². The molecule has 0 heterocycles. The summed E-state index contributed by atoms with van der Waals surface area (Å²) in [6.07, 6.45) is 10.1. The molecule has 0 N–H and O–H groups in total. The standard InChI is InChI=1S/C17H24O2.C9H13.C3H6.Ti/c1-6-15(18-5)12-14(17(2,3)4)13-19-16-10-8-7-9-11-16;1-9(2,3)8-6-4-5-7-8;1-3-2;/h6-12H,13H2,1-5H3;6-7H,4H2,1-3H3;1-2H3;. The average molecular weight is 472 g/mol. The van der Waals surface area contributed by atoms with Crippen molar-refractivity contribution in [1.29, 1.82) is 0 Å². The summed E-state index contributed by atoms with van der Waals surface area (Å²) in [5.41, 5.74) is 3.12. The molecule has 0 unspecified atom stereocenters. The van der Waals surface area contributed by atoms with Gasteiger partial charge in [0.05, 0.1) is 7.11 Å². The Labute approximate surface area is 205 Å². The van der Waals surface area contributed by atoms with Gasteiger partial charge in [-0.15, -0.1) is 0 Å². The molecule has 0 spiro atoms. The van der Waals surface area contributed by atoms with E-state index in [1.807, 2.05) is 43.3 Å². The Morgan fingerprint density at radius 3 is 2.09 bits per heavy atom. The fourth-order valence-electron chi connectivity index (χ4n) is 3.04. The van der Waals surface area contributed by atoms with Crippen molar-refractivity contribution in [2.24, 2.45) is 10.8 Å². The molecule has 2 rings (SSSR count). The number of para-hydroxylation sites is 1. The Kier molecular flexibility index (Phi) is 11.7. The van der Waals surface area contributed by atoms with Gasteiger partial charge in [0.25, 0.3) is 0 Å². The molecule has 175 valence electrons. The van der Waals surface area contributed by atoms with Crippen LogP contribution in [-0.2, 0) is 23.4 Å². The molecule has 0 bridgehead atoms. The van der Waals surface area contributed by atoms with E-state index in [-0.39, 0.29) is 24.1 Å². The zero-order valence-electron chi connectivity index (χ0n) is 21.9. The van der Waals surface area contributed by atoms with Gasteiger partial charge in [-0.3, -0.25) is 0 Å². The molecule has 0 saturated carbocycles. The molecule has 0 aromatic heterocycles.